The van der Waals surface area contributed by atoms with E-state index in [0.717, 1.165) is 116 Å². The number of hydrogen-bond donors (Lipinski definition) is 1. The minimum atomic E-state index is -4.72. The number of unbranched alkanes of at least 4 members (excludes halogenated alkanes) is 24. The Hall–Kier alpha value is -3.59. The lowest BCUT2D eigenvalue weighted by Crippen LogP contribution is -2.47. The molecule has 0 aromatic heterocycles. The van der Waals surface area contributed by atoms with Crippen molar-refractivity contribution in [2.24, 2.45) is 0 Å². The summed E-state index contributed by atoms with van der Waals surface area (Å²) >= 11 is 0. The van der Waals surface area contributed by atoms with E-state index in [1.807, 2.05) is 33.3 Å². The third-order valence-corrected chi connectivity index (χ3v) is 14.8. The molecule has 0 fully saturated rings. The van der Waals surface area contributed by atoms with Crippen molar-refractivity contribution in [3.8, 4) is 0 Å². The number of quaternary nitrogens is 1. The number of carbonyl (C=O) groups is 2. The van der Waals surface area contributed by atoms with Gasteiger partial charge in [-0.05, 0) is 122 Å². The van der Waals surface area contributed by atoms with E-state index in [2.05, 4.69) is 135 Å². The van der Waals surface area contributed by atoms with Crippen LogP contribution in [0.25, 0.3) is 0 Å². The summed E-state index contributed by atoms with van der Waals surface area (Å²) in [6.07, 6.45) is 83.1. The van der Waals surface area contributed by atoms with Crippen LogP contribution in [0, 0.1) is 0 Å². The fraction of sp³-hybridized carbons (Fsp3) is 0.690. The molecule has 0 heterocycles. The molecule has 0 spiro atoms. The number of hydrogen-bond acceptors (Lipinski definition) is 7. The lowest BCUT2D eigenvalue weighted by molar-refractivity contribution is -0.870. The highest BCUT2D eigenvalue weighted by atomic mass is 31.2. The average Bonchev–Trinajstić information content (AvgIpc) is 3.43. The molecule has 464 valence electrons. The van der Waals surface area contributed by atoms with Crippen molar-refractivity contribution in [1.29, 1.82) is 0 Å². The van der Waals surface area contributed by atoms with Gasteiger partial charge in [-0.3, -0.25) is 14.2 Å². The number of rotatable bonds is 58. The highest BCUT2D eigenvalue weighted by Gasteiger charge is 2.27. The van der Waals surface area contributed by atoms with Crippen LogP contribution >= 0.6 is 7.82 Å². The van der Waals surface area contributed by atoms with E-state index in [-0.39, 0.29) is 31.3 Å². The summed E-state index contributed by atoms with van der Waals surface area (Å²) in [7, 11) is 1.14. The van der Waals surface area contributed by atoms with Crippen molar-refractivity contribution in [3.05, 3.63) is 122 Å². The molecule has 0 radical (unpaired) electrons. The zero-order chi connectivity index (χ0) is 59.3. The first-order valence-corrected chi connectivity index (χ1v) is 34.3. The molecule has 0 aliphatic carbocycles. The number of ether oxygens (including phenoxy) is 1. The van der Waals surface area contributed by atoms with Crippen LogP contribution < -0.4 is 10.2 Å². The largest absolute Gasteiger partial charge is 0.756 e. The van der Waals surface area contributed by atoms with Gasteiger partial charge in [0.15, 0.2) is 0 Å². The van der Waals surface area contributed by atoms with Crippen LogP contribution in [-0.2, 0) is 27.9 Å². The van der Waals surface area contributed by atoms with Gasteiger partial charge in [-0.15, -0.1) is 0 Å². The topological polar surface area (TPSA) is 114 Å². The first-order chi connectivity index (χ1) is 39.4. The Labute approximate surface area is 499 Å². The Balaban J connectivity index is 5.19. The van der Waals surface area contributed by atoms with Crippen LogP contribution in [0.5, 0.6) is 0 Å². The standard InChI is InChI=1S/C71H123N2O7P/c1-7-10-13-16-19-22-25-27-29-31-33-34-35-36-37-38-40-42-44-46-49-52-55-58-61-64-71(75)80-69(62-59-56-53-50-47-24-21-18-15-12-9-3)68(67-79-81(76,77)78-66-65-73(4,5)6)72-70(74)63-60-57-54-51-48-45-43-41-39-32-30-28-26-23-20-17-14-11-8-2/h10,13,19-20,22-23,27-30,33-34,36-37,39,41,45,48,59,62,68-69H,7-9,11-12,14-18,21,24-26,31-32,35,38,40,42-44,46-47,49-58,60-61,63-67H2,1-6H3,(H-,72,74,76,77)/b13-10-,22-19-,23-20-,29-27-,30-28-,34-33-,37-36-,41-39-,48-45-,62-59-. The van der Waals surface area contributed by atoms with Gasteiger partial charge in [0, 0.05) is 12.8 Å². The quantitative estimate of drug-likeness (QED) is 0.0212. The van der Waals surface area contributed by atoms with Gasteiger partial charge in [0.05, 0.1) is 33.8 Å². The summed E-state index contributed by atoms with van der Waals surface area (Å²) in [5, 5.41) is 3.01. The van der Waals surface area contributed by atoms with E-state index in [9.17, 15) is 19.0 Å². The maximum absolute atomic E-state index is 13.5. The van der Waals surface area contributed by atoms with Crippen LogP contribution in [0.4, 0.5) is 0 Å². The second-order valence-corrected chi connectivity index (χ2v) is 24.3. The summed E-state index contributed by atoms with van der Waals surface area (Å²) in [5.41, 5.74) is 0. The van der Waals surface area contributed by atoms with Crippen molar-refractivity contribution < 1.29 is 37.3 Å². The summed E-state index contributed by atoms with van der Waals surface area (Å²) < 4.78 is 30.3. The highest BCUT2D eigenvalue weighted by molar-refractivity contribution is 7.45. The van der Waals surface area contributed by atoms with Gasteiger partial charge in [0.25, 0.3) is 7.82 Å². The monoisotopic (exact) mass is 1150 g/mol. The van der Waals surface area contributed by atoms with Crippen molar-refractivity contribution in [2.45, 2.75) is 277 Å². The number of nitrogens with one attached hydrogen (secondary N) is 1. The van der Waals surface area contributed by atoms with E-state index in [1.165, 1.54) is 103 Å². The fourth-order valence-corrected chi connectivity index (χ4v) is 9.55. The number of amides is 1. The number of carbonyl (C=O) groups excluding carboxylic acids is 2. The molecule has 0 aromatic rings. The molecule has 1 N–H and O–H groups in total. The number of phosphoric acid groups is 1. The van der Waals surface area contributed by atoms with Gasteiger partial charge >= 0.3 is 5.97 Å². The molecule has 0 bridgehead atoms. The maximum atomic E-state index is 13.5. The van der Waals surface area contributed by atoms with Gasteiger partial charge in [-0.25, -0.2) is 0 Å². The molecule has 0 saturated heterocycles. The predicted octanol–water partition coefficient (Wildman–Crippen LogP) is 20.0. The molecule has 3 unspecified atom stereocenters. The van der Waals surface area contributed by atoms with Crippen LogP contribution in [0.1, 0.15) is 265 Å². The number of allylic oxidation sites excluding steroid dienone is 19. The van der Waals surface area contributed by atoms with Crippen molar-refractivity contribution >= 4 is 19.7 Å². The van der Waals surface area contributed by atoms with E-state index in [0.29, 0.717) is 23.9 Å². The average molecular weight is 1150 g/mol. The number of phosphoric ester groups is 1. The molecule has 0 rings (SSSR count). The summed E-state index contributed by atoms with van der Waals surface area (Å²) in [5.74, 6) is -0.590. The van der Waals surface area contributed by atoms with Gasteiger partial charge in [0.2, 0.25) is 5.91 Å². The third-order valence-electron chi connectivity index (χ3n) is 13.9. The second kappa shape index (κ2) is 59.6. The van der Waals surface area contributed by atoms with Crippen molar-refractivity contribution in [2.75, 3.05) is 40.9 Å². The molecular weight excluding hydrogens is 1020 g/mol. The molecule has 9 nitrogen and oxygen atoms in total. The Morgan fingerprint density at radius 3 is 1.22 bits per heavy atom. The van der Waals surface area contributed by atoms with Crippen LogP contribution in [0.3, 0.4) is 0 Å². The van der Waals surface area contributed by atoms with Gasteiger partial charge in [-0.1, -0.05) is 252 Å². The van der Waals surface area contributed by atoms with E-state index in [4.69, 9.17) is 13.8 Å². The minimum Gasteiger partial charge on any atom is -0.756 e. The lowest BCUT2D eigenvalue weighted by atomic mass is 10.1. The van der Waals surface area contributed by atoms with E-state index >= 15 is 0 Å². The Morgan fingerprint density at radius 1 is 0.444 bits per heavy atom. The van der Waals surface area contributed by atoms with Crippen molar-refractivity contribution in [1.82, 2.24) is 5.32 Å². The van der Waals surface area contributed by atoms with Crippen LogP contribution in [-0.4, -0.2) is 69.4 Å². The molecule has 3 atom stereocenters. The Morgan fingerprint density at radius 2 is 0.790 bits per heavy atom. The zero-order valence-electron chi connectivity index (χ0n) is 52.9. The zero-order valence-corrected chi connectivity index (χ0v) is 53.8. The summed E-state index contributed by atoms with van der Waals surface area (Å²) in [6, 6.07) is -0.916. The number of likely N-dealkylation sites (N-methyl/N-ethyl adjacent to an activating group) is 1. The molecule has 0 aromatic carbocycles. The van der Waals surface area contributed by atoms with Gasteiger partial charge in [-0.2, -0.15) is 0 Å². The van der Waals surface area contributed by atoms with Gasteiger partial charge < -0.3 is 28.5 Å². The van der Waals surface area contributed by atoms with E-state index < -0.39 is 26.6 Å². The van der Waals surface area contributed by atoms with Crippen LogP contribution in [0.2, 0.25) is 0 Å². The molecule has 1 amide bonds. The molecule has 0 saturated carbocycles. The normalized spacial score (nSPS) is 14.4. The first-order valence-electron chi connectivity index (χ1n) is 32.8. The van der Waals surface area contributed by atoms with Crippen LogP contribution in [0.15, 0.2) is 122 Å². The minimum absolute atomic E-state index is 0.0359. The van der Waals surface area contributed by atoms with E-state index in [1.54, 1.807) is 0 Å². The molecule has 10 heteroatoms. The highest BCUT2D eigenvalue weighted by Crippen LogP contribution is 2.38. The second-order valence-electron chi connectivity index (χ2n) is 22.9. The number of esters is 1. The Kier molecular flexibility index (Phi) is 56.9. The predicted molar refractivity (Wildman–Crippen MR) is 348 cm³/mol. The van der Waals surface area contributed by atoms with Crippen molar-refractivity contribution in [3.63, 3.8) is 0 Å². The smallest absolute Gasteiger partial charge is 0.306 e. The maximum Gasteiger partial charge on any atom is 0.306 e. The first kappa shape index (κ1) is 77.4. The molecule has 0 aliphatic heterocycles. The molecule has 0 aliphatic rings. The summed E-state index contributed by atoms with van der Waals surface area (Å²) in [4.78, 5) is 40.0. The molecule has 81 heavy (non-hydrogen) atoms. The third kappa shape index (κ3) is 60.8. The molecular formula is C71H123N2O7P. The fourth-order valence-electron chi connectivity index (χ4n) is 8.83. The Bertz CT molecular complexity index is 1800. The van der Waals surface area contributed by atoms with Gasteiger partial charge in [0.1, 0.15) is 19.3 Å². The SMILES string of the molecule is CC/C=C\C/C=C\C/C=C\C/C=C\C/C=C\CCCCCCCCCCCC(=O)OC(/C=C\CCCCCCCCCCC)C(COP(=O)([O-])OCC[N+](C)(C)C)NC(=O)CCCCC/C=C\C/C=C\C/C=C\C/C=C\CCCCC. The summed E-state index contributed by atoms with van der Waals surface area (Å²) in [6.45, 7) is 6.66. The number of nitrogens with zero attached hydrogens (tertiary/aromatic N) is 1. The lowest BCUT2D eigenvalue weighted by Gasteiger charge is -2.30.